The topological polar surface area (TPSA) is 12.5 Å². The van der Waals surface area contributed by atoms with E-state index in [2.05, 4.69) is 54.3 Å². The van der Waals surface area contributed by atoms with Crippen LogP contribution in [0.5, 0.6) is 0 Å². The number of para-hydroxylation sites is 1. The molecule has 1 unspecified atom stereocenters. The number of hydrogen-bond donors (Lipinski definition) is 0. The first kappa shape index (κ1) is 11.4. The van der Waals surface area contributed by atoms with Crippen molar-refractivity contribution < 1.29 is 4.74 Å². The summed E-state index contributed by atoms with van der Waals surface area (Å²) in [5.74, 6) is 1.69. The summed E-state index contributed by atoms with van der Waals surface area (Å²) in [6.45, 7) is 3.96. The van der Waals surface area contributed by atoms with E-state index in [0.717, 1.165) is 19.4 Å². The molecule has 2 aliphatic rings. The number of ether oxygens (including phenoxy) is 1. The van der Waals surface area contributed by atoms with Crippen LogP contribution in [0.4, 0.5) is 5.69 Å². The average molecular weight is 241 g/mol. The number of rotatable bonds is 2. The molecule has 1 aliphatic carbocycles. The molecule has 1 aromatic rings. The molecule has 94 valence electrons. The third-order valence-electron chi connectivity index (χ3n) is 3.80. The summed E-state index contributed by atoms with van der Waals surface area (Å²) < 4.78 is 5.88. The number of fused-ring (bicyclic) bond motifs is 1. The summed E-state index contributed by atoms with van der Waals surface area (Å²) in [6, 6.07) is 10.5. The predicted octanol–water partition coefficient (Wildman–Crippen LogP) is 3.72. The van der Waals surface area contributed by atoms with Gasteiger partial charge in [-0.1, -0.05) is 36.8 Å². The lowest BCUT2D eigenvalue weighted by Gasteiger charge is -2.37. The van der Waals surface area contributed by atoms with Crippen molar-refractivity contribution in [1.29, 1.82) is 0 Å². The second kappa shape index (κ2) is 4.89. The van der Waals surface area contributed by atoms with Crippen LogP contribution in [0.25, 0.3) is 0 Å². The van der Waals surface area contributed by atoms with Gasteiger partial charge in [0.25, 0.3) is 0 Å². The van der Waals surface area contributed by atoms with Gasteiger partial charge in [-0.3, -0.25) is 0 Å². The van der Waals surface area contributed by atoms with E-state index in [-0.39, 0.29) is 0 Å². The minimum absolute atomic E-state index is 0.527. The Hall–Kier alpha value is -1.70. The van der Waals surface area contributed by atoms with Crippen LogP contribution in [0.1, 0.15) is 19.8 Å². The van der Waals surface area contributed by atoms with E-state index in [4.69, 9.17) is 4.74 Å². The smallest absolute Gasteiger partial charge is 0.161 e. The van der Waals surface area contributed by atoms with Gasteiger partial charge < -0.3 is 9.64 Å². The van der Waals surface area contributed by atoms with E-state index in [9.17, 15) is 0 Å². The van der Waals surface area contributed by atoms with Crippen LogP contribution in [-0.4, -0.2) is 13.3 Å². The van der Waals surface area contributed by atoms with Gasteiger partial charge in [0.15, 0.2) is 6.73 Å². The van der Waals surface area contributed by atoms with E-state index in [1.807, 2.05) is 0 Å². The van der Waals surface area contributed by atoms with Crippen LogP contribution >= 0.6 is 0 Å². The molecule has 0 spiro atoms. The first-order valence-electron chi connectivity index (χ1n) is 6.69. The first-order chi connectivity index (χ1) is 8.86. The van der Waals surface area contributed by atoms with Crippen molar-refractivity contribution in [3.63, 3.8) is 0 Å². The normalized spacial score (nSPS) is 22.7. The van der Waals surface area contributed by atoms with Crippen LogP contribution < -0.4 is 4.90 Å². The zero-order valence-corrected chi connectivity index (χ0v) is 10.8. The average Bonchev–Trinajstić information content (AvgIpc) is 2.47. The molecule has 3 rings (SSSR count). The minimum atomic E-state index is 0.527. The third kappa shape index (κ3) is 2.15. The Bertz CT molecular complexity index is 475. The highest BCUT2D eigenvalue weighted by Gasteiger charge is 2.27. The maximum atomic E-state index is 5.88. The van der Waals surface area contributed by atoms with Crippen LogP contribution in [0.15, 0.2) is 53.8 Å². The molecule has 18 heavy (non-hydrogen) atoms. The van der Waals surface area contributed by atoms with Crippen LogP contribution in [0.3, 0.4) is 0 Å². The Labute approximate surface area is 109 Å². The van der Waals surface area contributed by atoms with Crippen molar-refractivity contribution in [2.45, 2.75) is 19.8 Å². The molecule has 1 aliphatic heterocycles. The number of benzene rings is 1. The fourth-order valence-electron chi connectivity index (χ4n) is 2.69. The number of nitrogens with zero attached hydrogens (tertiary/aromatic N) is 1. The first-order valence-corrected chi connectivity index (χ1v) is 6.69. The summed E-state index contributed by atoms with van der Waals surface area (Å²) in [5.41, 5.74) is 2.78. The molecule has 2 nitrogen and oxygen atoms in total. The van der Waals surface area contributed by atoms with E-state index in [1.54, 1.807) is 0 Å². The molecule has 1 aromatic carbocycles. The monoisotopic (exact) mass is 241 g/mol. The summed E-state index contributed by atoms with van der Waals surface area (Å²) in [6.07, 6.45) is 6.68. The van der Waals surface area contributed by atoms with E-state index >= 15 is 0 Å². The fourth-order valence-corrected chi connectivity index (χ4v) is 2.69. The van der Waals surface area contributed by atoms with Gasteiger partial charge in [-0.2, -0.15) is 0 Å². The van der Waals surface area contributed by atoms with Gasteiger partial charge in [-0.15, -0.1) is 0 Å². The van der Waals surface area contributed by atoms with Gasteiger partial charge >= 0.3 is 0 Å². The molecule has 0 N–H and O–H groups in total. The highest BCUT2D eigenvalue weighted by Crippen LogP contribution is 2.33. The Kier molecular flexibility index (Phi) is 3.09. The lowest BCUT2D eigenvalue weighted by molar-refractivity contribution is 0.139. The van der Waals surface area contributed by atoms with Gasteiger partial charge in [0, 0.05) is 18.2 Å². The van der Waals surface area contributed by atoms with Gasteiger partial charge in [0.05, 0.1) is 0 Å². The summed E-state index contributed by atoms with van der Waals surface area (Å²) in [4.78, 5) is 2.32. The molecule has 0 aromatic heterocycles. The van der Waals surface area contributed by atoms with Gasteiger partial charge in [0.1, 0.15) is 5.76 Å². The van der Waals surface area contributed by atoms with E-state index in [1.165, 1.54) is 17.0 Å². The maximum absolute atomic E-state index is 5.88. The van der Waals surface area contributed by atoms with E-state index in [0.29, 0.717) is 12.6 Å². The Morgan fingerprint density at radius 2 is 2.06 bits per heavy atom. The van der Waals surface area contributed by atoms with Crippen LogP contribution in [0.2, 0.25) is 0 Å². The number of hydrogen-bond acceptors (Lipinski definition) is 2. The van der Waals surface area contributed by atoms with Crippen molar-refractivity contribution in [3.05, 3.63) is 53.8 Å². The molecular weight excluding hydrogens is 222 g/mol. The quantitative estimate of drug-likeness (QED) is 0.782. The van der Waals surface area contributed by atoms with Gasteiger partial charge in [-0.25, -0.2) is 0 Å². The van der Waals surface area contributed by atoms with Crippen molar-refractivity contribution in [2.24, 2.45) is 5.92 Å². The summed E-state index contributed by atoms with van der Waals surface area (Å²) >= 11 is 0. The SMILES string of the molecule is CCC1=CC=C2OCN(c3ccccc3)CC2C1. The van der Waals surface area contributed by atoms with Crippen molar-refractivity contribution in [2.75, 3.05) is 18.2 Å². The van der Waals surface area contributed by atoms with Crippen molar-refractivity contribution >= 4 is 5.69 Å². The van der Waals surface area contributed by atoms with Gasteiger partial charge in [-0.05, 0) is 31.1 Å². The molecular formula is C16H19NO. The predicted molar refractivity (Wildman–Crippen MR) is 74.3 cm³/mol. The molecule has 0 saturated carbocycles. The molecule has 1 saturated heterocycles. The largest absolute Gasteiger partial charge is 0.477 e. The lowest BCUT2D eigenvalue weighted by atomic mass is 9.90. The second-order valence-corrected chi connectivity index (χ2v) is 4.98. The molecule has 0 radical (unpaired) electrons. The Morgan fingerprint density at radius 1 is 1.22 bits per heavy atom. The van der Waals surface area contributed by atoms with Crippen molar-refractivity contribution in [3.8, 4) is 0 Å². The van der Waals surface area contributed by atoms with Crippen LogP contribution in [0, 0.1) is 5.92 Å². The second-order valence-electron chi connectivity index (χ2n) is 4.98. The molecule has 1 heterocycles. The lowest BCUT2D eigenvalue weighted by Crippen LogP contribution is -2.39. The molecule has 1 fully saturated rings. The van der Waals surface area contributed by atoms with Crippen LogP contribution in [-0.2, 0) is 4.74 Å². The standard InChI is InChI=1S/C16H19NO/c1-2-13-8-9-16-14(10-13)11-17(12-18-16)15-6-4-3-5-7-15/h3-9,14H,2,10-12H2,1H3. The fraction of sp³-hybridized carbons (Fsp3) is 0.375. The molecule has 2 heteroatoms. The summed E-state index contributed by atoms with van der Waals surface area (Å²) in [7, 11) is 0. The zero-order chi connectivity index (χ0) is 12.4. The molecule has 0 amide bonds. The zero-order valence-electron chi connectivity index (χ0n) is 10.8. The summed E-state index contributed by atoms with van der Waals surface area (Å²) in [5, 5.41) is 0. The van der Waals surface area contributed by atoms with Crippen molar-refractivity contribution in [1.82, 2.24) is 0 Å². The highest BCUT2D eigenvalue weighted by molar-refractivity contribution is 5.47. The number of anilines is 1. The molecule has 1 atom stereocenters. The maximum Gasteiger partial charge on any atom is 0.161 e. The number of allylic oxidation sites excluding steroid dienone is 3. The molecule has 0 bridgehead atoms. The van der Waals surface area contributed by atoms with Gasteiger partial charge in [0.2, 0.25) is 0 Å². The minimum Gasteiger partial charge on any atom is -0.477 e. The van der Waals surface area contributed by atoms with E-state index < -0.39 is 0 Å². The Balaban J connectivity index is 1.75. The Morgan fingerprint density at radius 3 is 2.83 bits per heavy atom. The third-order valence-corrected chi connectivity index (χ3v) is 3.80. The highest BCUT2D eigenvalue weighted by atomic mass is 16.5.